The van der Waals surface area contributed by atoms with Gasteiger partial charge in [0.05, 0.1) is 22.1 Å². The zero-order chi connectivity index (χ0) is 12.6. The number of para-hydroxylation sites is 1. The quantitative estimate of drug-likeness (QED) is 0.842. The number of aromatic amines is 1. The van der Waals surface area contributed by atoms with Gasteiger partial charge in [-0.2, -0.15) is 0 Å². The predicted molar refractivity (Wildman–Crippen MR) is 67.6 cm³/mol. The first kappa shape index (κ1) is 11.9. The van der Waals surface area contributed by atoms with E-state index < -0.39 is 5.69 Å². The maximum Gasteiger partial charge on any atom is 0.330 e. The van der Waals surface area contributed by atoms with Crippen LogP contribution < -0.4 is 16.6 Å². The lowest BCUT2D eigenvalue weighted by Crippen LogP contribution is -2.41. The Morgan fingerprint density at radius 1 is 1.41 bits per heavy atom. The van der Waals surface area contributed by atoms with Gasteiger partial charge in [0.2, 0.25) is 0 Å². The fraction of sp³-hybridized carbons (Fsp3) is 0.273. The number of hydrogen-bond donors (Lipinski definition) is 2. The number of aromatic nitrogens is 2. The molecule has 2 aromatic rings. The van der Waals surface area contributed by atoms with E-state index in [2.05, 4.69) is 10.3 Å². The maximum absolute atomic E-state index is 12.1. The Morgan fingerprint density at radius 3 is 2.76 bits per heavy atom. The summed E-state index contributed by atoms with van der Waals surface area (Å²) in [5.74, 6) is 0. The monoisotopic (exact) mass is 253 g/mol. The van der Waals surface area contributed by atoms with E-state index in [0.29, 0.717) is 15.9 Å². The van der Waals surface area contributed by atoms with E-state index in [1.54, 1.807) is 32.2 Å². The molecule has 0 amide bonds. The van der Waals surface area contributed by atoms with Crippen LogP contribution in [0.1, 0.15) is 13.1 Å². The Balaban J connectivity index is 2.91. The zero-order valence-electron chi connectivity index (χ0n) is 9.45. The summed E-state index contributed by atoms with van der Waals surface area (Å²) in [5, 5.41) is 3.62. The van der Waals surface area contributed by atoms with Gasteiger partial charge in [0, 0.05) is 0 Å². The van der Waals surface area contributed by atoms with E-state index in [1.165, 1.54) is 0 Å². The van der Waals surface area contributed by atoms with E-state index in [4.69, 9.17) is 11.6 Å². The highest BCUT2D eigenvalue weighted by Crippen LogP contribution is 2.17. The molecule has 0 aliphatic carbocycles. The minimum atomic E-state index is -0.475. The summed E-state index contributed by atoms with van der Waals surface area (Å²) in [7, 11) is 1.68. The Labute approximate surface area is 102 Å². The SMILES string of the molecule is CNC(C)n1c(=O)[nH]c2c(Cl)cccc2c1=O. The van der Waals surface area contributed by atoms with Gasteiger partial charge in [-0.25, -0.2) is 9.36 Å². The number of rotatable bonds is 2. The molecule has 0 saturated carbocycles. The molecule has 0 spiro atoms. The van der Waals surface area contributed by atoms with Gasteiger partial charge in [0.1, 0.15) is 0 Å². The minimum absolute atomic E-state index is 0.354. The number of benzene rings is 1. The Morgan fingerprint density at radius 2 is 2.12 bits per heavy atom. The standard InChI is InChI=1S/C11H12ClN3O2/c1-6(13-2)15-10(16)7-4-3-5-8(12)9(7)14-11(15)17/h3-6,13H,1-2H3,(H,14,17). The van der Waals surface area contributed by atoms with Crippen LogP contribution in [0.25, 0.3) is 10.9 Å². The number of hydrogen-bond acceptors (Lipinski definition) is 3. The van der Waals surface area contributed by atoms with Crippen molar-refractivity contribution in [1.29, 1.82) is 0 Å². The fourth-order valence-corrected chi connectivity index (χ4v) is 1.92. The van der Waals surface area contributed by atoms with Crippen LogP contribution in [0, 0.1) is 0 Å². The molecule has 1 unspecified atom stereocenters. The van der Waals surface area contributed by atoms with E-state index in [-0.39, 0.29) is 11.7 Å². The van der Waals surface area contributed by atoms with Gasteiger partial charge < -0.3 is 10.3 Å². The second-order valence-electron chi connectivity index (χ2n) is 3.73. The van der Waals surface area contributed by atoms with Crippen molar-refractivity contribution in [3.8, 4) is 0 Å². The van der Waals surface area contributed by atoms with Crippen molar-refractivity contribution in [2.75, 3.05) is 7.05 Å². The molecule has 2 N–H and O–H groups in total. The van der Waals surface area contributed by atoms with Crippen LogP contribution in [-0.4, -0.2) is 16.6 Å². The van der Waals surface area contributed by atoms with Crippen molar-refractivity contribution in [2.24, 2.45) is 0 Å². The second-order valence-corrected chi connectivity index (χ2v) is 4.14. The van der Waals surface area contributed by atoms with Gasteiger partial charge in [-0.3, -0.25) is 4.79 Å². The lowest BCUT2D eigenvalue weighted by molar-refractivity contribution is 0.447. The molecule has 1 heterocycles. The molecule has 1 aromatic carbocycles. The average molecular weight is 254 g/mol. The Hall–Kier alpha value is -1.59. The van der Waals surface area contributed by atoms with Crippen molar-refractivity contribution in [2.45, 2.75) is 13.1 Å². The summed E-state index contributed by atoms with van der Waals surface area (Å²) < 4.78 is 1.12. The summed E-state index contributed by atoms with van der Waals surface area (Å²) >= 11 is 5.93. The molecule has 1 atom stereocenters. The molecule has 6 heteroatoms. The molecule has 5 nitrogen and oxygen atoms in total. The molecule has 0 fully saturated rings. The van der Waals surface area contributed by atoms with Crippen LogP contribution in [-0.2, 0) is 0 Å². The van der Waals surface area contributed by atoms with Gasteiger partial charge in [-0.05, 0) is 26.1 Å². The van der Waals surface area contributed by atoms with Crippen LogP contribution in [0.4, 0.5) is 0 Å². The topological polar surface area (TPSA) is 66.9 Å². The van der Waals surface area contributed by atoms with Crippen LogP contribution >= 0.6 is 11.6 Å². The van der Waals surface area contributed by atoms with Gasteiger partial charge in [0.15, 0.2) is 0 Å². The van der Waals surface area contributed by atoms with E-state index >= 15 is 0 Å². The smallest absolute Gasteiger partial charge is 0.305 e. The third-order valence-corrected chi connectivity index (χ3v) is 3.03. The molecule has 2 rings (SSSR count). The predicted octanol–water partition coefficient (Wildman–Crippen LogP) is 1.08. The first-order chi connectivity index (χ1) is 8.06. The van der Waals surface area contributed by atoms with Crippen molar-refractivity contribution in [3.63, 3.8) is 0 Å². The molecular formula is C11H12ClN3O2. The first-order valence-corrected chi connectivity index (χ1v) is 5.54. The van der Waals surface area contributed by atoms with Crippen molar-refractivity contribution in [3.05, 3.63) is 44.1 Å². The molecule has 0 aliphatic rings. The van der Waals surface area contributed by atoms with E-state index in [0.717, 1.165) is 4.57 Å². The van der Waals surface area contributed by atoms with Crippen molar-refractivity contribution >= 4 is 22.5 Å². The van der Waals surface area contributed by atoms with Crippen LogP contribution in [0.2, 0.25) is 5.02 Å². The largest absolute Gasteiger partial charge is 0.330 e. The van der Waals surface area contributed by atoms with Gasteiger partial charge in [-0.1, -0.05) is 17.7 Å². The third-order valence-electron chi connectivity index (χ3n) is 2.72. The highest BCUT2D eigenvalue weighted by atomic mass is 35.5. The summed E-state index contributed by atoms with van der Waals surface area (Å²) in [6, 6.07) is 4.95. The van der Waals surface area contributed by atoms with E-state index in [9.17, 15) is 9.59 Å². The summed E-state index contributed by atoms with van der Waals surface area (Å²) in [6.07, 6.45) is -0.380. The van der Waals surface area contributed by atoms with Gasteiger partial charge in [-0.15, -0.1) is 0 Å². The molecule has 17 heavy (non-hydrogen) atoms. The number of H-pyrrole nitrogens is 1. The van der Waals surface area contributed by atoms with Crippen molar-refractivity contribution < 1.29 is 0 Å². The normalized spacial score (nSPS) is 12.9. The lowest BCUT2D eigenvalue weighted by Gasteiger charge is -2.13. The molecule has 0 aliphatic heterocycles. The summed E-state index contributed by atoms with van der Waals surface area (Å²) in [6.45, 7) is 1.73. The minimum Gasteiger partial charge on any atom is -0.305 e. The summed E-state index contributed by atoms with van der Waals surface area (Å²) in [5.41, 5.74) is -0.450. The number of fused-ring (bicyclic) bond motifs is 1. The molecule has 0 radical (unpaired) electrons. The molecule has 0 bridgehead atoms. The van der Waals surface area contributed by atoms with Gasteiger partial charge >= 0.3 is 5.69 Å². The molecule has 0 saturated heterocycles. The summed E-state index contributed by atoms with van der Waals surface area (Å²) in [4.78, 5) is 26.6. The number of nitrogens with zero attached hydrogens (tertiary/aromatic N) is 1. The lowest BCUT2D eigenvalue weighted by atomic mass is 10.2. The van der Waals surface area contributed by atoms with Crippen LogP contribution in [0.5, 0.6) is 0 Å². The maximum atomic E-state index is 12.1. The van der Waals surface area contributed by atoms with Crippen LogP contribution in [0.15, 0.2) is 27.8 Å². The highest BCUT2D eigenvalue weighted by Gasteiger charge is 2.12. The third kappa shape index (κ3) is 1.87. The first-order valence-electron chi connectivity index (χ1n) is 5.16. The van der Waals surface area contributed by atoms with E-state index in [1.807, 2.05) is 0 Å². The Bertz CT molecular complexity index is 674. The zero-order valence-corrected chi connectivity index (χ0v) is 10.2. The second kappa shape index (κ2) is 4.35. The average Bonchev–Trinajstić information content (AvgIpc) is 2.30. The highest BCUT2D eigenvalue weighted by molar-refractivity contribution is 6.34. The number of halogens is 1. The Kier molecular flexibility index (Phi) is 3.04. The molecule has 1 aromatic heterocycles. The van der Waals surface area contributed by atoms with Crippen molar-refractivity contribution in [1.82, 2.24) is 14.9 Å². The van der Waals surface area contributed by atoms with Crippen LogP contribution in [0.3, 0.4) is 0 Å². The molecule has 90 valence electrons. The number of nitrogens with one attached hydrogen (secondary N) is 2. The van der Waals surface area contributed by atoms with Gasteiger partial charge in [0.25, 0.3) is 5.56 Å². The fourth-order valence-electron chi connectivity index (χ4n) is 1.70. The molecular weight excluding hydrogens is 242 g/mol.